The Labute approximate surface area is 122 Å². The molecular formula is C16H14ClNO2. The summed E-state index contributed by atoms with van der Waals surface area (Å²) in [5.41, 5.74) is 2.38. The van der Waals surface area contributed by atoms with E-state index in [9.17, 15) is 9.59 Å². The Morgan fingerprint density at radius 3 is 2.50 bits per heavy atom. The third kappa shape index (κ3) is 3.06. The highest BCUT2D eigenvalue weighted by atomic mass is 35.5. The number of halogens is 1. The van der Waals surface area contributed by atoms with Crippen molar-refractivity contribution >= 4 is 29.0 Å². The number of nitrogens with one attached hydrogen (secondary N) is 1. The van der Waals surface area contributed by atoms with E-state index in [1.165, 1.54) is 6.92 Å². The van der Waals surface area contributed by atoms with Gasteiger partial charge in [-0.25, -0.2) is 0 Å². The first-order valence-electron chi connectivity index (χ1n) is 6.16. The minimum atomic E-state index is -0.292. The van der Waals surface area contributed by atoms with Gasteiger partial charge >= 0.3 is 0 Å². The van der Waals surface area contributed by atoms with Crippen LogP contribution in [-0.4, -0.2) is 11.7 Å². The molecule has 0 aliphatic heterocycles. The average molecular weight is 288 g/mol. The molecule has 20 heavy (non-hydrogen) atoms. The average Bonchev–Trinajstić information content (AvgIpc) is 2.42. The number of hydrogen-bond acceptors (Lipinski definition) is 2. The molecule has 4 heteroatoms. The molecule has 2 rings (SSSR count). The van der Waals surface area contributed by atoms with E-state index >= 15 is 0 Å². The molecule has 0 heterocycles. The molecule has 2 aromatic carbocycles. The molecule has 0 aliphatic carbocycles. The Morgan fingerprint density at radius 1 is 1.10 bits per heavy atom. The van der Waals surface area contributed by atoms with Crippen molar-refractivity contribution in [2.24, 2.45) is 0 Å². The van der Waals surface area contributed by atoms with E-state index in [1.54, 1.807) is 36.4 Å². The van der Waals surface area contributed by atoms with Gasteiger partial charge in [0.15, 0.2) is 5.78 Å². The largest absolute Gasteiger partial charge is 0.322 e. The summed E-state index contributed by atoms with van der Waals surface area (Å²) in [6.07, 6.45) is 0. The highest BCUT2D eigenvalue weighted by Gasteiger charge is 2.12. The number of rotatable bonds is 3. The summed E-state index contributed by atoms with van der Waals surface area (Å²) >= 11 is 6.12. The molecule has 0 spiro atoms. The van der Waals surface area contributed by atoms with Crippen LogP contribution in [0.15, 0.2) is 42.5 Å². The molecule has 0 saturated heterocycles. The van der Waals surface area contributed by atoms with Crippen LogP contribution in [-0.2, 0) is 0 Å². The van der Waals surface area contributed by atoms with Crippen molar-refractivity contribution < 1.29 is 9.59 Å². The lowest BCUT2D eigenvalue weighted by molar-refractivity contribution is 0.101. The van der Waals surface area contributed by atoms with Gasteiger partial charge in [0.1, 0.15) is 0 Å². The Balaban J connectivity index is 2.26. The molecule has 0 fully saturated rings. The number of hydrogen-bond donors (Lipinski definition) is 1. The fraction of sp³-hybridized carbons (Fsp3) is 0.125. The summed E-state index contributed by atoms with van der Waals surface area (Å²) < 4.78 is 0. The van der Waals surface area contributed by atoms with Crippen molar-refractivity contribution in [3.8, 4) is 0 Å². The quantitative estimate of drug-likeness (QED) is 0.864. The smallest absolute Gasteiger partial charge is 0.257 e. The second-order valence-corrected chi connectivity index (χ2v) is 4.91. The molecule has 3 nitrogen and oxygen atoms in total. The van der Waals surface area contributed by atoms with Gasteiger partial charge in [-0.1, -0.05) is 35.9 Å². The Kier molecular flexibility index (Phi) is 4.20. The first-order chi connectivity index (χ1) is 9.49. The van der Waals surface area contributed by atoms with Gasteiger partial charge in [0.05, 0.1) is 10.6 Å². The van der Waals surface area contributed by atoms with Gasteiger partial charge in [-0.2, -0.15) is 0 Å². The SMILES string of the molecule is CC(=O)c1cccc(NC(=O)c2cccc(C)c2Cl)c1. The number of Topliss-reactive ketones (excluding diaryl/α,β-unsaturated/α-hetero) is 1. The normalized spacial score (nSPS) is 10.2. The summed E-state index contributed by atoms with van der Waals surface area (Å²) in [5, 5.41) is 3.18. The summed E-state index contributed by atoms with van der Waals surface area (Å²) in [6, 6.07) is 12.1. The third-order valence-corrected chi connectivity index (χ3v) is 3.47. The van der Waals surface area contributed by atoms with Crippen LogP contribution >= 0.6 is 11.6 Å². The second kappa shape index (κ2) is 5.88. The van der Waals surface area contributed by atoms with Crippen molar-refractivity contribution in [1.29, 1.82) is 0 Å². The maximum Gasteiger partial charge on any atom is 0.257 e. The van der Waals surface area contributed by atoms with Gasteiger partial charge < -0.3 is 5.32 Å². The van der Waals surface area contributed by atoms with Crippen molar-refractivity contribution in [2.45, 2.75) is 13.8 Å². The molecule has 0 saturated carbocycles. The summed E-state index contributed by atoms with van der Waals surface area (Å²) in [7, 11) is 0. The number of carbonyl (C=O) groups excluding carboxylic acids is 2. The fourth-order valence-electron chi connectivity index (χ4n) is 1.84. The molecule has 0 unspecified atom stereocenters. The lowest BCUT2D eigenvalue weighted by Gasteiger charge is -2.09. The number of benzene rings is 2. The van der Waals surface area contributed by atoms with Crippen LogP contribution in [0.4, 0.5) is 5.69 Å². The molecule has 0 aliphatic rings. The van der Waals surface area contributed by atoms with Gasteiger partial charge in [-0.05, 0) is 37.6 Å². The molecule has 2 aromatic rings. The van der Waals surface area contributed by atoms with Gasteiger partial charge in [0, 0.05) is 11.3 Å². The fourth-order valence-corrected chi connectivity index (χ4v) is 2.05. The van der Waals surface area contributed by atoms with Crippen LogP contribution in [0.3, 0.4) is 0 Å². The minimum Gasteiger partial charge on any atom is -0.322 e. The number of amides is 1. The third-order valence-electron chi connectivity index (χ3n) is 2.96. The first kappa shape index (κ1) is 14.3. The zero-order chi connectivity index (χ0) is 14.7. The molecule has 1 amide bonds. The van der Waals surface area contributed by atoms with Crippen molar-refractivity contribution in [2.75, 3.05) is 5.32 Å². The van der Waals surface area contributed by atoms with E-state index in [0.29, 0.717) is 21.8 Å². The molecule has 0 bridgehead atoms. The van der Waals surface area contributed by atoms with E-state index in [1.807, 2.05) is 13.0 Å². The van der Waals surface area contributed by atoms with Crippen molar-refractivity contribution in [3.05, 3.63) is 64.2 Å². The standard InChI is InChI=1S/C16H14ClNO2/c1-10-5-3-8-14(15(10)17)16(20)18-13-7-4-6-12(9-13)11(2)19/h3-9H,1-2H3,(H,18,20). The summed E-state index contributed by atoms with van der Waals surface area (Å²) in [6.45, 7) is 3.33. The van der Waals surface area contributed by atoms with E-state index in [-0.39, 0.29) is 11.7 Å². The second-order valence-electron chi connectivity index (χ2n) is 4.53. The highest BCUT2D eigenvalue weighted by Crippen LogP contribution is 2.21. The van der Waals surface area contributed by atoms with Gasteiger partial charge in [-0.3, -0.25) is 9.59 Å². The van der Waals surface area contributed by atoms with E-state index in [4.69, 9.17) is 11.6 Å². The van der Waals surface area contributed by atoms with Crippen LogP contribution in [0.25, 0.3) is 0 Å². The van der Waals surface area contributed by atoms with Gasteiger partial charge in [0.25, 0.3) is 5.91 Å². The number of ketones is 1. The predicted octanol–water partition coefficient (Wildman–Crippen LogP) is 4.10. The summed E-state index contributed by atoms with van der Waals surface area (Å²) in [4.78, 5) is 23.5. The van der Waals surface area contributed by atoms with Crippen molar-refractivity contribution in [1.82, 2.24) is 0 Å². The predicted molar refractivity (Wildman–Crippen MR) is 80.6 cm³/mol. The monoisotopic (exact) mass is 287 g/mol. The lowest BCUT2D eigenvalue weighted by Crippen LogP contribution is -2.13. The molecule has 0 atom stereocenters. The van der Waals surface area contributed by atoms with Gasteiger partial charge in [0.2, 0.25) is 0 Å². The van der Waals surface area contributed by atoms with Crippen LogP contribution < -0.4 is 5.32 Å². The molecular weight excluding hydrogens is 274 g/mol. The van der Waals surface area contributed by atoms with E-state index in [2.05, 4.69) is 5.32 Å². The van der Waals surface area contributed by atoms with Crippen molar-refractivity contribution in [3.63, 3.8) is 0 Å². The van der Waals surface area contributed by atoms with E-state index in [0.717, 1.165) is 5.56 Å². The zero-order valence-electron chi connectivity index (χ0n) is 11.2. The highest BCUT2D eigenvalue weighted by molar-refractivity contribution is 6.35. The lowest BCUT2D eigenvalue weighted by atomic mass is 10.1. The Bertz CT molecular complexity index is 680. The van der Waals surface area contributed by atoms with Gasteiger partial charge in [-0.15, -0.1) is 0 Å². The maximum absolute atomic E-state index is 12.2. The molecule has 0 aromatic heterocycles. The zero-order valence-corrected chi connectivity index (χ0v) is 12.0. The van der Waals surface area contributed by atoms with Crippen LogP contribution in [0, 0.1) is 6.92 Å². The summed E-state index contributed by atoms with van der Waals surface area (Å²) in [5.74, 6) is -0.339. The molecule has 0 radical (unpaired) electrons. The van der Waals surface area contributed by atoms with Crippen LogP contribution in [0.5, 0.6) is 0 Å². The molecule has 102 valence electrons. The first-order valence-corrected chi connectivity index (χ1v) is 6.54. The van der Waals surface area contributed by atoms with Crippen LogP contribution in [0.2, 0.25) is 5.02 Å². The number of carbonyl (C=O) groups is 2. The number of aryl methyl sites for hydroxylation is 1. The number of anilines is 1. The topological polar surface area (TPSA) is 46.2 Å². The van der Waals surface area contributed by atoms with Crippen LogP contribution in [0.1, 0.15) is 33.2 Å². The Hall–Kier alpha value is -2.13. The van der Waals surface area contributed by atoms with E-state index < -0.39 is 0 Å². The maximum atomic E-state index is 12.2. The Morgan fingerprint density at radius 2 is 1.80 bits per heavy atom. The molecule has 1 N–H and O–H groups in total. The minimum absolute atomic E-state index is 0.0466.